The number of rotatable bonds is 5. The van der Waals surface area contributed by atoms with Crippen molar-refractivity contribution in [3.63, 3.8) is 0 Å². The van der Waals surface area contributed by atoms with E-state index in [-0.39, 0.29) is 29.6 Å². The average molecular weight is 535 g/mol. The minimum Gasteiger partial charge on any atom is -0.466 e. The molecule has 39 heavy (non-hydrogen) atoms. The Morgan fingerprint density at radius 3 is 2.54 bits per heavy atom. The number of imidazole rings is 1. The van der Waals surface area contributed by atoms with Gasteiger partial charge < -0.3 is 14.5 Å². The number of aromatic nitrogens is 3. The third-order valence-electron chi connectivity index (χ3n) is 7.55. The zero-order valence-electron chi connectivity index (χ0n) is 23.3. The standard InChI is InChI=1S/C29H35FN6O3/c1-7-22-25(39-18(4)31-22)28(38)34-12-13-35(29(5,6)16-34)27(37)24-15-36-26(32-24)21(17(2)3)14-23(33-36)19-8-10-20(30)11-9-19/h8-11,14-15,17,22,25H,7,12-13,16H2,1-6H3. The van der Waals surface area contributed by atoms with Crippen LogP contribution in [0.4, 0.5) is 4.39 Å². The van der Waals surface area contributed by atoms with Gasteiger partial charge in [-0.05, 0) is 56.5 Å². The van der Waals surface area contributed by atoms with E-state index in [9.17, 15) is 14.0 Å². The van der Waals surface area contributed by atoms with Gasteiger partial charge in [0, 0.05) is 37.7 Å². The van der Waals surface area contributed by atoms with Crippen molar-refractivity contribution in [2.45, 2.75) is 71.6 Å². The number of carbonyl (C=O) groups excluding carboxylic acids is 2. The Morgan fingerprint density at radius 1 is 1.18 bits per heavy atom. The van der Waals surface area contributed by atoms with Crippen LogP contribution in [-0.4, -0.2) is 79.4 Å². The minimum absolute atomic E-state index is 0.0885. The van der Waals surface area contributed by atoms with Crippen LogP contribution in [0.15, 0.2) is 41.5 Å². The Morgan fingerprint density at radius 2 is 1.90 bits per heavy atom. The molecule has 1 aromatic carbocycles. The van der Waals surface area contributed by atoms with Gasteiger partial charge in [-0.15, -0.1) is 0 Å². The summed E-state index contributed by atoms with van der Waals surface area (Å²) in [6.45, 7) is 13.0. The van der Waals surface area contributed by atoms with Gasteiger partial charge >= 0.3 is 0 Å². The summed E-state index contributed by atoms with van der Waals surface area (Å²) in [4.78, 5) is 39.8. The van der Waals surface area contributed by atoms with Crippen molar-refractivity contribution < 1.29 is 18.7 Å². The first-order valence-electron chi connectivity index (χ1n) is 13.5. The largest absolute Gasteiger partial charge is 0.466 e. The van der Waals surface area contributed by atoms with Gasteiger partial charge in [0.1, 0.15) is 11.5 Å². The minimum atomic E-state index is -0.620. The van der Waals surface area contributed by atoms with Crippen molar-refractivity contribution in [3.05, 3.63) is 53.6 Å². The van der Waals surface area contributed by atoms with Crippen LogP contribution in [0.3, 0.4) is 0 Å². The van der Waals surface area contributed by atoms with Crippen LogP contribution < -0.4 is 0 Å². The smallest absolute Gasteiger partial charge is 0.274 e. The van der Waals surface area contributed by atoms with Gasteiger partial charge in [-0.2, -0.15) is 5.10 Å². The molecule has 2 atom stereocenters. The van der Waals surface area contributed by atoms with Crippen LogP contribution in [0, 0.1) is 5.82 Å². The molecule has 2 aromatic heterocycles. The fraction of sp³-hybridized carbons (Fsp3) is 0.483. The number of amides is 2. The summed E-state index contributed by atoms with van der Waals surface area (Å²) in [6, 6.07) is 7.95. The third-order valence-corrected chi connectivity index (χ3v) is 7.55. The highest BCUT2D eigenvalue weighted by molar-refractivity contribution is 5.94. The van der Waals surface area contributed by atoms with E-state index in [0.717, 1.165) is 17.5 Å². The second-order valence-corrected chi connectivity index (χ2v) is 11.2. The molecule has 0 N–H and O–H groups in total. The zero-order valence-corrected chi connectivity index (χ0v) is 23.3. The second kappa shape index (κ2) is 10.1. The second-order valence-electron chi connectivity index (χ2n) is 11.2. The van der Waals surface area contributed by atoms with E-state index in [1.165, 1.54) is 12.1 Å². The maximum Gasteiger partial charge on any atom is 0.274 e. The molecule has 0 saturated carbocycles. The molecule has 1 fully saturated rings. The number of carbonyl (C=O) groups is 2. The van der Waals surface area contributed by atoms with E-state index in [1.54, 1.807) is 39.6 Å². The number of fused-ring (bicyclic) bond motifs is 1. The number of hydrogen-bond acceptors (Lipinski definition) is 6. The number of piperazine rings is 1. The highest BCUT2D eigenvalue weighted by Gasteiger charge is 2.44. The molecule has 0 radical (unpaired) electrons. The van der Waals surface area contributed by atoms with Crippen LogP contribution in [0.1, 0.15) is 69.9 Å². The Hall–Kier alpha value is -3.82. The van der Waals surface area contributed by atoms with E-state index in [0.29, 0.717) is 42.6 Å². The Labute approximate surface area is 227 Å². The SMILES string of the molecule is CCC1N=C(C)OC1C(=O)N1CCN(C(=O)c2cn3nc(-c4ccc(F)cc4)cc(C(C)C)c3n2)C(C)(C)C1. The van der Waals surface area contributed by atoms with E-state index < -0.39 is 11.6 Å². The topological polar surface area (TPSA) is 92.4 Å². The Kier molecular flexibility index (Phi) is 6.90. The van der Waals surface area contributed by atoms with E-state index >= 15 is 0 Å². The maximum atomic E-state index is 13.8. The van der Waals surface area contributed by atoms with Gasteiger partial charge in [0.2, 0.25) is 6.10 Å². The van der Waals surface area contributed by atoms with Crippen molar-refractivity contribution in [3.8, 4) is 11.3 Å². The molecule has 2 unspecified atom stereocenters. The fourth-order valence-electron chi connectivity index (χ4n) is 5.44. The Bertz CT molecular complexity index is 1450. The monoisotopic (exact) mass is 534 g/mol. The predicted molar refractivity (Wildman–Crippen MR) is 146 cm³/mol. The van der Waals surface area contributed by atoms with Gasteiger partial charge in [0.05, 0.1) is 23.5 Å². The van der Waals surface area contributed by atoms with E-state index in [2.05, 4.69) is 23.9 Å². The quantitative estimate of drug-likeness (QED) is 0.486. The van der Waals surface area contributed by atoms with Gasteiger partial charge in [0.15, 0.2) is 11.5 Å². The van der Waals surface area contributed by atoms with Crippen molar-refractivity contribution in [1.29, 1.82) is 0 Å². The van der Waals surface area contributed by atoms with Crippen LogP contribution >= 0.6 is 0 Å². The number of halogens is 1. The first-order chi connectivity index (χ1) is 18.5. The first-order valence-corrected chi connectivity index (χ1v) is 13.5. The lowest BCUT2D eigenvalue weighted by molar-refractivity contribution is -0.143. The predicted octanol–water partition coefficient (Wildman–Crippen LogP) is 4.32. The summed E-state index contributed by atoms with van der Waals surface area (Å²) >= 11 is 0. The maximum absolute atomic E-state index is 13.8. The van der Waals surface area contributed by atoms with E-state index in [1.807, 2.05) is 26.8 Å². The first kappa shape index (κ1) is 26.8. The molecule has 0 bridgehead atoms. The fourth-order valence-corrected chi connectivity index (χ4v) is 5.44. The normalized spacial score (nSPS) is 20.9. The molecule has 2 aliphatic heterocycles. The van der Waals surface area contributed by atoms with Crippen LogP contribution in [-0.2, 0) is 9.53 Å². The summed E-state index contributed by atoms with van der Waals surface area (Å²) < 4.78 is 20.9. The van der Waals surface area contributed by atoms with Gasteiger partial charge in [-0.3, -0.25) is 9.59 Å². The average Bonchev–Trinajstić information content (AvgIpc) is 3.50. The summed E-state index contributed by atoms with van der Waals surface area (Å²) in [5.41, 5.74) is 2.69. The lowest BCUT2D eigenvalue weighted by Gasteiger charge is -2.47. The summed E-state index contributed by atoms with van der Waals surface area (Å²) in [5, 5.41) is 4.69. The number of ether oxygens (including phenoxy) is 1. The summed E-state index contributed by atoms with van der Waals surface area (Å²) in [5.74, 6) is 0.0570. The molecule has 206 valence electrons. The number of hydrogen-bond donors (Lipinski definition) is 0. The number of benzene rings is 1. The molecule has 3 aromatic rings. The molecule has 1 saturated heterocycles. The van der Waals surface area contributed by atoms with Gasteiger partial charge in [0.25, 0.3) is 11.8 Å². The molecule has 0 spiro atoms. The van der Waals surface area contributed by atoms with Crippen molar-refractivity contribution in [2.24, 2.45) is 4.99 Å². The lowest BCUT2D eigenvalue weighted by atomic mass is 9.97. The molecule has 10 heteroatoms. The molecule has 5 rings (SSSR count). The number of aliphatic imine (C=N–C) groups is 1. The molecule has 4 heterocycles. The summed E-state index contributed by atoms with van der Waals surface area (Å²) in [7, 11) is 0. The molecular weight excluding hydrogens is 499 g/mol. The zero-order chi connectivity index (χ0) is 28.1. The van der Waals surface area contributed by atoms with E-state index in [4.69, 9.17) is 9.72 Å². The van der Waals surface area contributed by atoms with Crippen molar-refractivity contribution in [1.82, 2.24) is 24.4 Å². The molecule has 2 amide bonds. The van der Waals surface area contributed by atoms with Gasteiger partial charge in [-0.25, -0.2) is 18.9 Å². The van der Waals surface area contributed by atoms with Gasteiger partial charge in [-0.1, -0.05) is 20.8 Å². The molecular formula is C29H35FN6O3. The lowest BCUT2D eigenvalue weighted by Crippen LogP contribution is -2.63. The van der Waals surface area contributed by atoms with Crippen LogP contribution in [0.2, 0.25) is 0 Å². The number of nitrogens with zero attached hydrogens (tertiary/aromatic N) is 6. The molecule has 0 aliphatic carbocycles. The molecule has 9 nitrogen and oxygen atoms in total. The van der Waals surface area contributed by atoms with Crippen LogP contribution in [0.25, 0.3) is 16.9 Å². The van der Waals surface area contributed by atoms with Crippen molar-refractivity contribution >= 4 is 23.4 Å². The molecule has 2 aliphatic rings. The highest BCUT2D eigenvalue weighted by atomic mass is 19.1. The Balaban J connectivity index is 1.39. The van der Waals surface area contributed by atoms with Crippen molar-refractivity contribution in [2.75, 3.05) is 19.6 Å². The summed E-state index contributed by atoms with van der Waals surface area (Å²) in [6.07, 6.45) is 1.77. The highest BCUT2D eigenvalue weighted by Crippen LogP contribution is 2.29. The third kappa shape index (κ3) is 4.99. The van der Waals surface area contributed by atoms with Crippen LogP contribution in [0.5, 0.6) is 0 Å².